The number of rotatable bonds is 5. The molecule has 5 heteroatoms. The predicted octanol–water partition coefficient (Wildman–Crippen LogP) is 3.49. The molecule has 1 aromatic rings. The molecule has 1 aromatic carbocycles. The molecule has 0 aliphatic carbocycles. The molecule has 19 heavy (non-hydrogen) atoms. The van der Waals surface area contributed by atoms with Crippen LogP contribution in [0.1, 0.15) is 43.8 Å². The van der Waals surface area contributed by atoms with Crippen molar-refractivity contribution in [3.63, 3.8) is 0 Å². The van der Waals surface area contributed by atoms with Crippen molar-refractivity contribution in [1.82, 2.24) is 0 Å². The fraction of sp³-hybridized carbons (Fsp3) is 0.571. The van der Waals surface area contributed by atoms with Crippen LogP contribution in [0.15, 0.2) is 12.1 Å². The predicted molar refractivity (Wildman–Crippen MR) is 64.1 cm³/mol. The van der Waals surface area contributed by atoms with Gasteiger partial charge in [0.1, 0.15) is 5.82 Å². The molecule has 2 unspecified atom stereocenters. The van der Waals surface area contributed by atoms with E-state index in [-0.39, 0.29) is 11.7 Å². The lowest BCUT2D eigenvalue weighted by Gasteiger charge is -2.14. The van der Waals surface area contributed by atoms with Crippen molar-refractivity contribution in [2.75, 3.05) is 6.61 Å². The number of aliphatic hydroxyl groups excluding tert-OH is 1. The number of halogens is 3. The molecule has 2 rings (SSSR count). The van der Waals surface area contributed by atoms with Gasteiger partial charge in [0.2, 0.25) is 0 Å². The van der Waals surface area contributed by atoms with Crippen molar-refractivity contribution in [3.05, 3.63) is 35.1 Å². The summed E-state index contributed by atoms with van der Waals surface area (Å²) in [6, 6.07) is 1.19. The van der Waals surface area contributed by atoms with Gasteiger partial charge in [-0.15, -0.1) is 0 Å². The lowest BCUT2D eigenvalue weighted by molar-refractivity contribution is 0.0939. The van der Waals surface area contributed by atoms with Crippen molar-refractivity contribution in [3.8, 4) is 0 Å². The highest BCUT2D eigenvalue weighted by Gasteiger charge is 2.19. The molecule has 0 spiro atoms. The lowest BCUT2D eigenvalue weighted by atomic mass is 10.0. The van der Waals surface area contributed by atoms with Crippen LogP contribution in [0.3, 0.4) is 0 Å². The highest BCUT2D eigenvalue weighted by Crippen LogP contribution is 2.26. The van der Waals surface area contributed by atoms with Gasteiger partial charge in [-0.1, -0.05) is 0 Å². The van der Waals surface area contributed by atoms with E-state index in [4.69, 9.17) is 4.74 Å². The molecule has 106 valence electrons. The van der Waals surface area contributed by atoms with Crippen LogP contribution in [-0.4, -0.2) is 17.8 Å². The van der Waals surface area contributed by atoms with Crippen LogP contribution in [0.4, 0.5) is 13.2 Å². The molecule has 2 nitrogen and oxygen atoms in total. The lowest BCUT2D eigenvalue weighted by Crippen LogP contribution is -2.07. The Morgan fingerprint density at radius 3 is 2.63 bits per heavy atom. The summed E-state index contributed by atoms with van der Waals surface area (Å²) in [5.41, 5.74) is -0.189. The van der Waals surface area contributed by atoms with E-state index in [1.54, 1.807) is 0 Å². The van der Waals surface area contributed by atoms with E-state index in [0.717, 1.165) is 31.9 Å². The summed E-state index contributed by atoms with van der Waals surface area (Å²) in [6.07, 6.45) is 2.91. The van der Waals surface area contributed by atoms with Gasteiger partial charge < -0.3 is 9.84 Å². The van der Waals surface area contributed by atoms with Gasteiger partial charge in [0.25, 0.3) is 0 Å². The zero-order chi connectivity index (χ0) is 13.8. The third kappa shape index (κ3) is 3.70. The molecule has 1 aliphatic heterocycles. The van der Waals surface area contributed by atoms with Gasteiger partial charge >= 0.3 is 0 Å². The van der Waals surface area contributed by atoms with E-state index in [0.29, 0.717) is 18.9 Å². The van der Waals surface area contributed by atoms with Crippen LogP contribution in [0.2, 0.25) is 0 Å². The molecule has 0 aromatic heterocycles. The fourth-order valence-electron chi connectivity index (χ4n) is 2.36. The Morgan fingerprint density at radius 2 is 1.95 bits per heavy atom. The van der Waals surface area contributed by atoms with Crippen molar-refractivity contribution in [1.29, 1.82) is 0 Å². The van der Waals surface area contributed by atoms with E-state index in [2.05, 4.69) is 0 Å². The Balaban J connectivity index is 1.88. The quantitative estimate of drug-likeness (QED) is 0.833. The number of hydrogen-bond donors (Lipinski definition) is 1. The normalized spacial score (nSPS) is 20.7. The zero-order valence-electron chi connectivity index (χ0n) is 10.5. The number of aliphatic hydroxyl groups is 1. The SMILES string of the molecule is OC(CCCC1CCCO1)c1cc(F)c(F)cc1F. The zero-order valence-corrected chi connectivity index (χ0v) is 10.5. The number of benzene rings is 1. The monoisotopic (exact) mass is 274 g/mol. The van der Waals surface area contributed by atoms with E-state index < -0.39 is 23.6 Å². The first-order chi connectivity index (χ1) is 9.08. The largest absolute Gasteiger partial charge is 0.388 e. The molecule has 0 amide bonds. The standard InChI is InChI=1S/C14H17F3O2/c15-11-8-13(17)12(16)7-10(11)14(18)5-1-3-9-4-2-6-19-9/h7-9,14,18H,1-6H2. The van der Waals surface area contributed by atoms with Crippen LogP contribution >= 0.6 is 0 Å². The van der Waals surface area contributed by atoms with Gasteiger partial charge in [-0.3, -0.25) is 0 Å². The Morgan fingerprint density at radius 1 is 1.21 bits per heavy atom. The second-order valence-corrected chi connectivity index (χ2v) is 4.87. The van der Waals surface area contributed by atoms with Gasteiger partial charge in [0.05, 0.1) is 12.2 Å². The topological polar surface area (TPSA) is 29.5 Å². The first kappa shape index (κ1) is 14.3. The van der Waals surface area contributed by atoms with E-state index in [9.17, 15) is 18.3 Å². The summed E-state index contributed by atoms with van der Waals surface area (Å²) in [4.78, 5) is 0. The second-order valence-electron chi connectivity index (χ2n) is 4.87. The second kappa shape index (κ2) is 6.39. The minimum Gasteiger partial charge on any atom is -0.388 e. The maximum absolute atomic E-state index is 13.4. The molecule has 1 saturated heterocycles. The Bertz CT molecular complexity index is 431. The fourth-order valence-corrected chi connectivity index (χ4v) is 2.36. The molecule has 1 N–H and O–H groups in total. The molecule has 1 heterocycles. The average molecular weight is 274 g/mol. The van der Waals surface area contributed by atoms with Crippen molar-refractivity contribution in [2.45, 2.75) is 44.3 Å². The molecule has 1 aliphatic rings. The van der Waals surface area contributed by atoms with Crippen LogP contribution < -0.4 is 0 Å². The maximum atomic E-state index is 13.4. The Labute approximate surface area is 110 Å². The summed E-state index contributed by atoms with van der Waals surface area (Å²) in [5.74, 6) is -3.30. The van der Waals surface area contributed by atoms with E-state index in [1.807, 2.05) is 0 Å². The van der Waals surface area contributed by atoms with Crippen LogP contribution in [0, 0.1) is 17.5 Å². The number of ether oxygens (including phenoxy) is 1. The molecule has 0 radical (unpaired) electrons. The van der Waals surface area contributed by atoms with Gasteiger partial charge in [0, 0.05) is 18.2 Å². The minimum atomic E-state index is -1.24. The molecule has 0 saturated carbocycles. The van der Waals surface area contributed by atoms with Crippen molar-refractivity contribution >= 4 is 0 Å². The van der Waals surface area contributed by atoms with Crippen molar-refractivity contribution in [2.24, 2.45) is 0 Å². The van der Waals surface area contributed by atoms with Crippen LogP contribution in [0.25, 0.3) is 0 Å². The Hall–Kier alpha value is -1.07. The van der Waals surface area contributed by atoms with Crippen molar-refractivity contribution < 1.29 is 23.0 Å². The third-order valence-electron chi connectivity index (χ3n) is 3.43. The van der Waals surface area contributed by atoms with E-state index >= 15 is 0 Å². The molecule has 0 bridgehead atoms. The molecular weight excluding hydrogens is 257 g/mol. The summed E-state index contributed by atoms with van der Waals surface area (Å²) < 4.78 is 44.6. The van der Waals surface area contributed by atoms with Gasteiger partial charge in [0.15, 0.2) is 11.6 Å². The van der Waals surface area contributed by atoms with Crippen LogP contribution in [0.5, 0.6) is 0 Å². The van der Waals surface area contributed by atoms with E-state index in [1.165, 1.54) is 0 Å². The minimum absolute atomic E-state index is 0.189. The smallest absolute Gasteiger partial charge is 0.161 e. The summed E-state index contributed by atoms with van der Waals surface area (Å²) in [5, 5.41) is 9.82. The summed E-state index contributed by atoms with van der Waals surface area (Å²) in [7, 11) is 0. The third-order valence-corrected chi connectivity index (χ3v) is 3.43. The summed E-state index contributed by atoms with van der Waals surface area (Å²) in [6.45, 7) is 0.769. The highest BCUT2D eigenvalue weighted by molar-refractivity contribution is 5.22. The Kier molecular flexibility index (Phi) is 4.82. The van der Waals surface area contributed by atoms with Crippen LogP contribution in [-0.2, 0) is 4.74 Å². The average Bonchev–Trinajstić information content (AvgIpc) is 2.86. The molecule has 2 atom stereocenters. The first-order valence-corrected chi connectivity index (χ1v) is 6.52. The highest BCUT2D eigenvalue weighted by atomic mass is 19.2. The first-order valence-electron chi connectivity index (χ1n) is 6.52. The van der Waals surface area contributed by atoms with Gasteiger partial charge in [-0.2, -0.15) is 0 Å². The van der Waals surface area contributed by atoms with Gasteiger partial charge in [-0.05, 0) is 38.2 Å². The molecular formula is C14H17F3O2. The van der Waals surface area contributed by atoms with Gasteiger partial charge in [-0.25, -0.2) is 13.2 Å². The molecule has 1 fully saturated rings. The number of hydrogen-bond acceptors (Lipinski definition) is 2. The maximum Gasteiger partial charge on any atom is 0.161 e. The summed E-state index contributed by atoms with van der Waals surface area (Å²) >= 11 is 0.